The molecule has 14 nitrogen and oxygen atoms in total. The second kappa shape index (κ2) is 26.4. The van der Waals surface area contributed by atoms with Gasteiger partial charge in [-0.2, -0.15) is 0 Å². The molecule has 0 heterocycles. The number of unbranched alkanes of at least 4 members (excludes halogenated alkanes) is 1. The first-order valence-corrected chi connectivity index (χ1v) is 16.1. The van der Waals surface area contributed by atoms with Crippen LogP contribution in [0.5, 0.6) is 0 Å². The minimum Gasteiger partial charge on any atom is -0.481 e. The predicted octanol–water partition coefficient (Wildman–Crippen LogP) is 1.89. The van der Waals surface area contributed by atoms with E-state index in [-0.39, 0.29) is 63.3 Å². The highest BCUT2D eigenvalue weighted by Gasteiger charge is 2.17. The highest BCUT2D eigenvalue weighted by molar-refractivity contribution is 5.94. The number of hydrogen-bond acceptors (Lipinski definition) is 10. The Bertz CT molecular complexity index is 1100. The number of ketones is 2. The van der Waals surface area contributed by atoms with Crippen molar-refractivity contribution in [2.75, 3.05) is 59.4 Å². The Morgan fingerprint density at radius 1 is 0.702 bits per heavy atom. The van der Waals surface area contributed by atoms with Crippen LogP contribution in [0, 0.1) is 6.92 Å². The van der Waals surface area contributed by atoms with Gasteiger partial charge in [0.2, 0.25) is 11.8 Å². The van der Waals surface area contributed by atoms with Crippen molar-refractivity contribution < 1.29 is 52.8 Å². The maximum absolute atomic E-state index is 12.1. The van der Waals surface area contributed by atoms with Gasteiger partial charge >= 0.3 is 5.97 Å². The van der Waals surface area contributed by atoms with E-state index >= 15 is 0 Å². The highest BCUT2D eigenvalue weighted by Crippen LogP contribution is 2.05. The summed E-state index contributed by atoms with van der Waals surface area (Å²) in [6, 6.07) is 6.41. The maximum Gasteiger partial charge on any atom is 0.303 e. The first-order chi connectivity index (χ1) is 22.6. The van der Waals surface area contributed by atoms with E-state index in [4.69, 9.17) is 29.8 Å². The molecule has 0 fully saturated rings. The zero-order chi connectivity index (χ0) is 34.7. The lowest BCUT2D eigenvalue weighted by Gasteiger charge is -2.15. The molecule has 1 aromatic carbocycles. The molecule has 0 spiro atoms. The van der Waals surface area contributed by atoms with Crippen LogP contribution >= 0.6 is 0 Å². The van der Waals surface area contributed by atoms with Crippen LogP contribution in [0.3, 0.4) is 0 Å². The molecule has 3 amide bonds. The third-order valence-electron chi connectivity index (χ3n) is 6.77. The Kier molecular flexibility index (Phi) is 23.2. The second-order valence-corrected chi connectivity index (χ2v) is 11.0. The van der Waals surface area contributed by atoms with Crippen LogP contribution in [0.2, 0.25) is 0 Å². The summed E-state index contributed by atoms with van der Waals surface area (Å²) in [4.78, 5) is 70.0. The van der Waals surface area contributed by atoms with Crippen molar-refractivity contribution in [3.63, 3.8) is 0 Å². The van der Waals surface area contributed by atoms with E-state index in [1.807, 2.05) is 19.1 Å². The van der Waals surface area contributed by atoms with E-state index in [0.717, 1.165) is 5.56 Å². The number of carbonyl (C=O) groups is 6. The van der Waals surface area contributed by atoms with Crippen molar-refractivity contribution in [3.05, 3.63) is 35.4 Å². The fourth-order valence-corrected chi connectivity index (χ4v) is 4.17. The molecule has 47 heavy (non-hydrogen) atoms. The van der Waals surface area contributed by atoms with Gasteiger partial charge in [0.25, 0.3) is 5.91 Å². The summed E-state index contributed by atoms with van der Waals surface area (Å²) in [5, 5.41) is 14.0. The Morgan fingerprint density at radius 3 is 1.89 bits per heavy atom. The van der Waals surface area contributed by atoms with Crippen molar-refractivity contribution >= 4 is 35.3 Å². The number of rotatable bonds is 30. The van der Waals surface area contributed by atoms with Gasteiger partial charge in [0.05, 0.1) is 26.4 Å². The Morgan fingerprint density at radius 2 is 1.28 bits per heavy atom. The van der Waals surface area contributed by atoms with Crippen molar-refractivity contribution in [1.29, 1.82) is 0 Å². The summed E-state index contributed by atoms with van der Waals surface area (Å²) in [7, 11) is 0. The van der Waals surface area contributed by atoms with Gasteiger partial charge in [0.15, 0.2) is 5.78 Å². The fraction of sp³-hybridized carbons (Fsp3) is 0.636. The summed E-state index contributed by atoms with van der Waals surface area (Å²) in [5.74, 6) is -2.24. The molecule has 0 aliphatic carbocycles. The molecule has 0 saturated heterocycles. The largest absolute Gasteiger partial charge is 0.481 e. The average Bonchev–Trinajstić information content (AvgIpc) is 3.02. The van der Waals surface area contributed by atoms with Crippen molar-refractivity contribution in [3.8, 4) is 0 Å². The molecule has 0 aromatic heterocycles. The van der Waals surface area contributed by atoms with Gasteiger partial charge in [0.1, 0.15) is 25.0 Å². The van der Waals surface area contributed by atoms with Crippen molar-refractivity contribution in [2.45, 2.75) is 77.2 Å². The Hall–Kier alpha value is -3.72. The topological polar surface area (TPSA) is 210 Å². The molecule has 264 valence electrons. The van der Waals surface area contributed by atoms with Crippen molar-refractivity contribution in [2.24, 2.45) is 5.73 Å². The zero-order valence-electron chi connectivity index (χ0n) is 27.4. The highest BCUT2D eigenvalue weighted by atomic mass is 16.5. The predicted molar refractivity (Wildman–Crippen MR) is 172 cm³/mol. The third kappa shape index (κ3) is 23.3. The normalized spacial score (nSPS) is 11.5. The van der Waals surface area contributed by atoms with Crippen molar-refractivity contribution in [1.82, 2.24) is 10.6 Å². The summed E-state index contributed by atoms with van der Waals surface area (Å²) in [5.41, 5.74) is 7.06. The number of Topliss-reactive ketones (excluding diaryl/α,β-unsaturated/α-hetero) is 2. The maximum atomic E-state index is 12.1. The van der Waals surface area contributed by atoms with E-state index in [1.165, 1.54) is 0 Å². The second-order valence-electron chi connectivity index (χ2n) is 11.0. The summed E-state index contributed by atoms with van der Waals surface area (Å²) in [6.07, 6.45) is 3.84. The van der Waals surface area contributed by atoms with E-state index in [1.54, 1.807) is 12.1 Å². The number of primary amides is 1. The van der Waals surface area contributed by atoms with E-state index in [9.17, 15) is 28.8 Å². The first-order valence-electron chi connectivity index (χ1n) is 16.1. The van der Waals surface area contributed by atoms with Crippen LogP contribution in [0.1, 0.15) is 80.1 Å². The first kappa shape index (κ1) is 41.3. The number of carboxylic acid groups (broad SMARTS) is 1. The molecule has 0 saturated carbocycles. The van der Waals surface area contributed by atoms with E-state index in [2.05, 4.69) is 10.6 Å². The minimum absolute atomic E-state index is 0.00610. The van der Waals surface area contributed by atoms with Gasteiger partial charge in [0, 0.05) is 51.0 Å². The number of hydrogen-bond donors (Lipinski definition) is 4. The minimum atomic E-state index is -0.906. The smallest absolute Gasteiger partial charge is 0.303 e. The van der Waals surface area contributed by atoms with Crippen LogP contribution in [0.15, 0.2) is 24.3 Å². The quantitative estimate of drug-likeness (QED) is 0.0872. The molecule has 14 heteroatoms. The number of carboxylic acids is 1. The zero-order valence-corrected chi connectivity index (χ0v) is 27.4. The number of amides is 3. The number of carbonyl (C=O) groups excluding carboxylic acids is 5. The van der Waals surface area contributed by atoms with Crippen LogP contribution in [0.25, 0.3) is 0 Å². The number of nitrogens with one attached hydrogen (secondary N) is 2. The monoisotopic (exact) mass is 665 g/mol. The molecule has 1 atom stereocenters. The van der Waals surface area contributed by atoms with E-state index in [0.29, 0.717) is 83.3 Å². The Balaban J connectivity index is 1.96. The summed E-state index contributed by atoms with van der Waals surface area (Å²) in [6.45, 7) is 3.78. The lowest BCUT2D eigenvalue weighted by molar-refractivity contribution is -0.137. The molecule has 0 aliphatic rings. The van der Waals surface area contributed by atoms with Crippen LogP contribution in [-0.4, -0.2) is 106 Å². The van der Waals surface area contributed by atoms with Gasteiger partial charge in [-0.15, -0.1) is 0 Å². The Labute approximate surface area is 276 Å². The molecule has 1 rings (SSSR count). The SMILES string of the molecule is Cc1ccc(C(=O)NCCCCC(NC(=O)COCCOCCCC(=O)COCCOCCCC(=O)CCCC(=O)O)C(N)=O)cc1. The number of aryl methyl sites for hydroxylation is 1. The number of nitrogens with two attached hydrogens (primary N) is 1. The van der Waals surface area contributed by atoms with Crippen LogP contribution < -0.4 is 16.4 Å². The number of ether oxygens (including phenoxy) is 4. The third-order valence-corrected chi connectivity index (χ3v) is 6.77. The molecular formula is C33H51N3O11. The lowest BCUT2D eigenvalue weighted by Crippen LogP contribution is -2.45. The van der Waals surface area contributed by atoms with E-state index < -0.39 is 23.8 Å². The molecule has 0 aliphatic heterocycles. The van der Waals surface area contributed by atoms with Gasteiger partial charge < -0.3 is 40.4 Å². The summed E-state index contributed by atoms with van der Waals surface area (Å²) >= 11 is 0. The standard InChI is InChI=1S/C33H51N3O11/c1-25-12-14-26(15-13-25)33(43)35-16-3-2-10-29(32(34)42)36-30(39)24-47-22-20-45-18-6-9-28(38)23-46-21-19-44-17-5-8-27(37)7-4-11-31(40)41/h12-15,29H,2-11,16-24H2,1H3,(H2,34,42)(H,35,43)(H,36,39)(H,40,41). The van der Waals surface area contributed by atoms with Crippen LogP contribution in [-0.2, 0) is 42.9 Å². The molecule has 1 aromatic rings. The van der Waals surface area contributed by atoms with Gasteiger partial charge in [-0.05, 0) is 57.6 Å². The molecule has 0 bridgehead atoms. The number of aliphatic carboxylic acids is 1. The van der Waals surface area contributed by atoms with Gasteiger partial charge in [-0.25, -0.2) is 0 Å². The van der Waals surface area contributed by atoms with Crippen LogP contribution in [0.4, 0.5) is 0 Å². The molecule has 0 radical (unpaired) electrons. The average molecular weight is 666 g/mol. The fourth-order valence-electron chi connectivity index (χ4n) is 4.17. The summed E-state index contributed by atoms with van der Waals surface area (Å²) < 4.78 is 21.4. The lowest BCUT2D eigenvalue weighted by atomic mass is 10.1. The van der Waals surface area contributed by atoms with Gasteiger partial charge in [-0.1, -0.05) is 17.7 Å². The molecular weight excluding hydrogens is 614 g/mol. The molecule has 1 unspecified atom stereocenters. The number of benzene rings is 1. The van der Waals surface area contributed by atoms with Gasteiger partial charge in [-0.3, -0.25) is 28.8 Å². The molecule has 5 N–H and O–H groups in total.